The molecule has 2 aliphatic rings. The summed E-state index contributed by atoms with van der Waals surface area (Å²) >= 11 is 5.84. The number of thiocarbonyl (C=S) groups is 1. The summed E-state index contributed by atoms with van der Waals surface area (Å²) in [7, 11) is 0. The van der Waals surface area contributed by atoms with Crippen LogP contribution < -0.4 is 0 Å². The summed E-state index contributed by atoms with van der Waals surface area (Å²) in [4.78, 5) is 44.4. The van der Waals surface area contributed by atoms with Crippen molar-refractivity contribution in [3.63, 3.8) is 0 Å². The standard InChI is InChI=1S/C38H54N2O3S/c1-3-5-7-9-11-13-15-17-19-21-27-39-35(41)29-23-24-31-34-32(26-25-30(33(29)34)36(39)42)38(44)40(37(31)43)28-22-20-18-16-14-12-10-8-6-4-2/h23-26H,3-22,27-28H2,1-2H3. The third-order valence-corrected chi connectivity index (χ3v) is 9.97. The number of amides is 3. The van der Waals surface area contributed by atoms with Gasteiger partial charge in [0.2, 0.25) is 0 Å². The summed E-state index contributed by atoms with van der Waals surface area (Å²) in [5.74, 6) is -0.628. The number of hydrogen-bond acceptors (Lipinski definition) is 4. The molecule has 5 nitrogen and oxygen atoms in total. The number of nitrogens with zero attached hydrogens (tertiary/aromatic N) is 2. The van der Waals surface area contributed by atoms with E-state index in [4.69, 9.17) is 12.2 Å². The Morgan fingerprint density at radius 2 is 0.727 bits per heavy atom. The van der Waals surface area contributed by atoms with E-state index < -0.39 is 0 Å². The van der Waals surface area contributed by atoms with Crippen LogP contribution in [-0.2, 0) is 0 Å². The molecule has 0 atom stereocenters. The fourth-order valence-corrected chi connectivity index (χ4v) is 7.24. The van der Waals surface area contributed by atoms with Crippen molar-refractivity contribution in [2.45, 2.75) is 142 Å². The van der Waals surface area contributed by atoms with Gasteiger partial charge < -0.3 is 0 Å². The van der Waals surface area contributed by atoms with E-state index in [0.29, 0.717) is 45.5 Å². The average molecular weight is 619 g/mol. The summed E-state index contributed by atoms with van der Waals surface area (Å²) in [5, 5.41) is 1.28. The third kappa shape index (κ3) is 8.35. The molecule has 6 heteroatoms. The Labute approximate surface area is 271 Å². The highest BCUT2D eigenvalue weighted by molar-refractivity contribution is 7.80. The molecule has 0 spiro atoms. The summed E-state index contributed by atoms with van der Waals surface area (Å²) < 4.78 is 0. The first-order valence-electron chi connectivity index (χ1n) is 17.8. The molecule has 0 N–H and O–H groups in total. The van der Waals surface area contributed by atoms with Gasteiger partial charge in [-0.1, -0.05) is 148 Å². The topological polar surface area (TPSA) is 57.7 Å². The molecule has 2 heterocycles. The lowest BCUT2D eigenvalue weighted by molar-refractivity contribution is 0.0606. The summed E-state index contributed by atoms with van der Waals surface area (Å²) in [6, 6.07) is 7.22. The van der Waals surface area contributed by atoms with Crippen molar-refractivity contribution < 1.29 is 14.4 Å². The first-order valence-corrected chi connectivity index (χ1v) is 18.2. The number of carbonyl (C=O) groups excluding carboxylic acids is 3. The summed E-state index contributed by atoms with van der Waals surface area (Å²) in [6.07, 6.45) is 24.4. The average Bonchev–Trinajstić information content (AvgIpc) is 3.03. The maximum absolute atomic E-state index is 13.6. The Balaban J connectivity index is 1.31. The molecule has 2 aromatic rings. The molecule has 240 valence electrons. The highest BCUT2D eigenvalue weighted by Crippen LogP contribution is 2.38. The zero-order valence-corrected chi connectivity index (χ0v) is 28.2. The number of carbonyl (C=O) groups is 3. The van der Waals surface area contributed by atoms with Gasteiger partial charge in [0.05, 0.1) is 0 Å². The van der Waals surface area contributed by atoms with Gasteiger partial charge in [0.1, 0.15) is 4.99 Å². The smallest absolute Gasteiger partial charge is 0.261 e. The molecule has 2 aromatic carbocycles. The van der Waals surface area contributed by atoms with Crippen LogP contribution in [0.5, 0.6) is 0 Å². The van der Waals surface area contributed by atoms with Crippen LogP contribution in [0.3, 0.4) is 0 Å². The van der Waals surface area contributed by atoms with Crippen LogP contribution >= 0.6 is 12.2 Å². The second-order valence-corrected chi connectivity index (χ2v) is 13.3. The Hall–Kier alpha value is -2.60. The fraction of sp³-hybridized carbons (Fsp3) is 0.632. The minimum Gasteiger partial charge on any atom is -0.299 e. The number of unbranched alkanes of at least 4 members (excludes halogenated alkanes) is 18. The van der Waals surface area contributed by atoms with Gasteiger partial charge in [-0.2, -0.15) is 0 Å². The molecule has 2 aliphatic heterocycles. The zero-order valence-electron chi connectivity index (χ0n) is 27.4. The second kappa shape index (κ2) is 17.8. The molecule has 4 rings (SSSR count). The minimum atomic E-state index is -0.256. The van der Waals surface area contributed by atoms with Gasteiger partial charge in [-0.3, -0.25) is 24.2 Å². The maximum atomic E-state index is 13.6. The number of benzene rings is 2. The molecule has 0 saturated heterocycles. The van der Waals surface area contributed by atoms with Crippen LogP contribution in [-0.4, -0.2) is 45.6 Å². The second-order valence-electron chi connectivity index (χ2n) is 13.0. The quantitative estimate of drug-likeness (QED) is 0.0748. The van der Waals surface area contributed by atoms with Crippen LogP contribution in [0.1, 0.15) is 179 Å². The van der Waals surface area contributed by atoms with E-state index in [1.165, 1.54) is 101 Å². The van der Waals surface area contributed by atoms with Crippen molar-refractivity contribution in [2.24, 2.45) is 0 Å². The third-order valence-electron chi connectivity index (χ3n) is 9.53. The van der Waals surface area contributed by atoms with E-state index in [9.17, 15) is 14.4 Å². The van der Waals surface area contributed by atoms with Gasteiger partial charge in [-0.05, 0) is 31.0 Å². The van der Waals surface area contributed by atoms with Crippen LogP contribution in [0.25, 0.3) is 10.8 Å². The highest BCUT2D eigenvalue weighted by atomic mass is 32.1. The van der Waals surface area contributed by atoms with E-state index in [-0.39, 0.29) is 17.7 Å². The SMILES string of the molecule is CCCCCCCCCCCCN1C(=O)c2ccc3c4c(ccc(c24)C1=O)C(=S)N(CCCCCCCCCCCC)C3=O. The van der Waals surface area contributed by atoms with Gasteiger partial charge in [0.15, 0.2) is 0 Å². The molecule has 0 fully saturated rings. The molecule has 0 unspecified atom stereocenters. The predicted molar refractivity (Wildman–Crippen MR) is 186 cm³/mol. The van der Waals surface area contributed by atoms with Crippen molar-refractivity contribution in [1.29, 1.82) is 0 Å². The first-order chi connectivity index (χ1) is 21.5. The number of imide groups is 1. The Morgan fingerprint density at radius 1 is 0.432 bits per heavy atom. The highest BCUT2D eigenvalue weighted by Gasteiger charge is 2.38. The minimum absolute atomic E-state index is 0.116. The Kier molecular flexibility index (Phi) is 13.8. The number of rotatable bonds is 22. The summed E-state index contributed by atoms with van der Waals surface area (Å²) in [5.41, 5.74) is 2.34. The van der Waals surface area contributed by atoms with Crippen molar-refractivity contribution in [3.05, 3.63) is 46.5 Å². The van der Waals surface area contributed by atoms with E-state index in [2.05, 4.69) is 13.8 Å². The molecule has 0 aliphatic carbocycles. The molecule has 44 heavy (non-hydrogen) atoms. The van der Waals surface area contributed by atoms with Gasteiger partial charge in [0.25, 0.3) is 17.7 Å². The van der Waals surface area contributed by atoms with Gasteiger partial charge in [-0.25, -0.2) is 0 Å². The monoisotopic (exact) mass is 618 g/mol. The van der Waals surface area contributed by atoms with Crippen LogP contribution in [0.2, 0.25) is 0 Å². The fourth-order valence-electron chi connectivity index (χ4n) is 6.90. The van der Waals surface area contributed by atoms with Crippen LogP contribution in [0, 0.1) is 0 Å². The predicted octanol–water partition coefficient (Wildman–Crippen LogP) is 10.4. The molecular weight excluding hydrogens is 564 g/mol. The van der Waals surface area contributed by atoms with Crippen LogP contribution in [0.4, 0.5) is 0 Å². The van der Waals surface area contributed by atoms with E-state index in [0.717, 1.165) is 37.7 Å². The van der Waals surface area contributed by atoms with E-state index >= 15 is 0 Å². The normalized spacial score (nSPS) is 14.4. The van der Waals surface area contributed by atoms with Crippen molar-refractivity contribution in [3.8, 4) is 0 Å². The molecule has 3 amide bonds. The molecular formula is C38H54N2O3S. The van der Waals surface area contributed by atoms with Gasteiger partial charge >= 0.3 is 0 Å². The van der Waals surface area contributed by atoms with Gasteiger partial charge in [-0.15, -0.1) is 0 Å². The molecule has 0 bridgehead atoms. The Bertz CT molecular complexity index is 1130. The summed E-state index contributed by atoms with van der Waals surface area (Å²) in [6.45, 7) is 5.53. The van der Waals surface area contributed by atoms with Gasteiger partial charge in [0, 0.05) is 46.1 Å². The molecule has 0 aromatic heterocycles. The maximum Gasteiger partial charge on any atom is 0.261 e. The van der Waals surface area contributed by atoms with Crippen LogP contribution in [0.15, 0.2) is 24.3 Å². The lowest BCUT2D eigenvalue weighted by Crippen LogP contribution is -2.43. The molecule has 0 saturated carbocycles. The largest absolute Gasteiger partial charge is 0.299 e. The van der Waals surface area contributed by atoms with Crippen molar-refractivity contribution in [1.82, 2.24) is 9.80 Å². The van der Waals surface area contributed by atoms with Crippen molar-refractivity contribution >= 4 is 45.7 Å². The first kappa shape index (κ1) is 34.3. The molecule has 0 radical (unpaired) electrons. The Morgan fingerprint density at radius 3 is 1.14 bits per heavy atom. The van der Waals surface area contributed by atoms with E-state index in [1.807, 2.05) is 12.1 Å². The lowest BCUT2D eigenvalue weighted by atomic mass is 9.86. The van der Waals surface area contributed by atoms with E-state index in [1.54, 1.807) is 17.0 Å². The lowest BCUT2D eigenvalue weighted by Gasteiger charge is -2.33. The zero-order chi connectivity index (χ0) is 31.3. The van der Waals surface area contributed by atoms with Crippen molar-refractivity contribution in [2.75, 3.05) is 13.1 Å². The number of hydrogen-bond donors (Lipinski definition) is 0.